The number of carbonyl (C=O) groups is 1. The van der Waals surface area contributed by atoms with Crippen LogP contribution >= 0.6 is 0 Å². The maximum Gasteiger partial charge on any atom is 0.397 e. The van der Waals surface area contributed by atoms with Crippen LogP contribution in [-0.2, 0) is 34.0 Å². The van der Waals surface area contributed by atoms with E-state index in [9.17, 15) is 40.9 Å². The Kier molecular flexibility index (Phi) is 7.70. The monoisotopic (exact) mass is 648 g/mol. The first-order valence-electron chi connectivity index (χ1n) is 15.4. The fraction of sp³-hybridized carbons (Fsp3) is 0.900. The van der Waals surface area contributed by atoms with Gasteiger partial charge in [-0.05, 0) is 98.7 Å². The van der Waals surface area contributed by atoms with Gasteiger partial charge in [-0.2, -0.15) is 16.8 Å². The molecule has 0 aromatic rings. The molecule has 0 radical (unpaired) electrons. The van der Waals surface area contributed by atoms with Crippen LogP contribution in [0.3, 0.4) is 0 Å². The second-order valence-electron chi connectivity index (χ2n) is 15.6. The number of aliphatic hydroxyl groups is 1. The first kappa shape index (κ1) is 33.3. The van der Waals surface area contributed by atoms with Gasteiger partial charge in [-0.25, -0.2) is 8.37 Å². The predicted octanol–water partition coefficient (Wildman–Crippen LogP) is 4.83. The lowest BCUT2D eigenvalue weighted by atomic mass is 9.33. The summed E-state index contributed by atoms with van der Waals surface area (Å²) in [5, 5.41) is 22.6. The largest absolute Gasteiger partial charge is 0.481 e. The van der Waals surface area contributed by atoms with Gasteiger partial charge in [-0.1, -0.05) is 46.3 Å². The van der Waals surface area contributed by atoms with Gasteiger partial charge < -0.3 is 10.2 Å². The average Bonchev–Trinajstić information content (AvgIpc) is 2.86. The number of hydrogen-bond donors (Lipinski definition) is 4. The molecule has 0 saturated heterocycles. The van der Waals surface area contributed by atoms with Crippen LogP contribution in [0.25, 0.3) is 0 Å². The van der Waals surface area contributed by atoms with Gasteiger partial charge in [0.1, 0.15) is 0 Å². The van der Waals surface area contributed by atoms with Gasteiger partial charge in [-0.15, -0.1) is 0 Å². The minimum absolute atomic E-state index is 0.0615. The fourth-order valence-electron chi connectivity index (χ4n) is 11.3. The van der Waals surface area contributed by atoms with E-state index in [0.717, 1.165) is 5.57 Å². The van der Waals surface area contributed by atoms with E-state index in [1.807, 2.05) is 6.92 Å². The Morgan fingerprint density at radius 1 is 0.907 bits per heavy atom. The molecule has 4 fully saturated rings. The minimum atomic E-state index is -4.86. The van der Waals surface area contributed by atoms with Crippen LogP contribution in [-0.4, -0.2) is 60.4 Å². The van der Waals surface area contributed by atoms with Crippen LogP contribution < -0.4 is 0 Å². The molecular weight excluding hydrogens is 600 g/mol. The predicted molar refractivity (Wildman–Crippen MR) is 156 cm³/mol. The molecule has 0 heterocycles. The molecule has 0 spiro atoms. The summed E-state index contributed by atoms with van der Waals surface area (Å²) in [6.45, 7) is 11.6. The summed E-state index contributed by atoms with van der Waals surface area (Å²) in [5.74, 6) is -1.64. The summed E-state index contributed by atoms with van der Waals surface area (Å²) in [7, 11) is -9.69. The molecule has 43 heavy (non-hydrogen) atoms. The van der Waals surface area contributed by atoms with E-state index in [4.69, 9.17) is 8.37 Å². The van der Waals surface area contributed by atoms with Gasteiger partial charge in [0.05, 0.1) is 23.7 Å². The van der Waals surface area contributed by atoms with Crippen LogP contribution in [0, 0.1) is 50.7 Å². The van der Waals surface area contributed by atoms with Crippen molar-refractivity contribution in [3.05, 3.63) is 11.6 Å². The van der Waals surface area contributed by atoms with E-state index in [1.54, 1.807) is 13.8 Å². The van der Waals surface area contributed by atoms with Gasteiger partial charge in [0.2, 0.25) is 0 Å². The van der Waals surface area contributed by atoms with Crippen molar-refractivity contribution in [2.45, 2.75) is 111 Å². The quantitative estimate of drug-likeness (QED) is 0.228. The molecule has 11 nitrogen and oxygen atoms in total. The lowest BCUT2D eigenvalue weighted by Crippen LogP contribution is -2.68. The second kappa shape index (κ2) is 9.95. The van der Waals surface area contributed by atoms with Gasteiger partial charge in [0, 0.05) is 11.3 Å². The van der Waals surface area contributed by atoms with Crippen molar-refractivity contribution >= 4 is 26.8 Å². The smallest absolute Gasteiger partial charge is 0.397 e. The highest BCUT2D eigenvalue weighted by atomic mass is 32.3. The second-order valence-corrected chi connectivity index (χ2v) is 17.7. The molecule has 0 aliphatic heterocycles. The molecular formula is C30H48O11S2. The molecule has 0 aromatic carbocycles. The minimum Gasteiger partial charge on any atom is -0.481 e. The first-order chi connectivity index (χ1) is 19.5. The highest BCUT2D eigenvalue weighted by molar-refractivity contribution is 7.81. The van der Waals surface area contributed by atoms with E-state index in [-0.39, 0.29) is 29.6 Å². The number of rotatable bonds is 6. The van der Waals surface area contributed by atoms with E-state index >= 15 is 0 Å². The lowest BCUT2D eigenvalue weighted by Gasteiger charge is -2.72. The molecule has 5 aliphatic rings. The van der Waals surface area contributed by atoms with Crippen molar-refractivity contribution in [3.8, 4) is 0 Å². The zero-order valence-electron chi connectivity index (χ0n) is 26.0. The molecule has 13 heteroatoms. The number of allylic oxidation sites excluding steroid dienone is 1. The zero-order chi connectivity index (χ0) is 32.2. The van der Waals surface area contributed by atoms with Gasteiger partial charge in [0.25, 0.3) is 0 Å². The van der Waals surface area contributed by atoms with Crippen molar-refractivity contribution in [3.63, 3.8) is 0 Å². The number of aliphatic carboxylic acids is 1. The summed E-state index contributed by atoms with van der Waals surface area (Å²) >= 11 is 0. The number of carboxylic acid groups (broad SMARTS) is 1. The van der Waals surface area contributed by atoms with E-state index in [0.29, 0.717) is 51.4 Å². The van der Waals surface area contributed by atoms with E-state index < -0.39 is 72.7 Å². The molecule has 0 bridgehead atoms. The van der Waals surface area contributed by atoms with Crippen molar-refractivity contribution < 1.29 is 49.3 Å². The average molecular weight is 649 g/mol. The molecule has 0 amide bonds. The van der Waals surface area contributed by atoms with Crippen molar-refractivity contribution in [2.24, 2.45) is 50.7 Å². The first-order valence-corrected chi connectivity index (χ1v) is 18.1. The summed E-state index contributed by atoms with van der Waals surface area (Å²) in [6.07, 6.45) is 6.09. The molecule has 0 aromatic heterocycles. The topological polar surface area (TPSA) is 185 Å². The van der Waals surface area contributed by atoms with Crippen LogP contribution in [0.1, 0.15) is 99.3 Å². The Hall–Kier alpha value is -1.09. The molecule has 5 rings (SSSR count). The molecule has 11 unspecified atom stereocenters. The Balaban J connectivity index is 1.60. The third kappa shape index (κ3) is 4.77. The zero-order valence-corrected chi connectivity index (χ0v) is 27.6. The Morgan fingerprint density at radius 2 is 1.56 bits per heavy atom. The normalized spacial score (nSPS) is 50.0. The number of hydrogen-bond acceptors (Lipinski definition) is 8. The molecule has 246 valence electrons. The fourth-order valence-corrected chi connectivity index (χ4v) is 12.4. The van der Waals surface area contributed by atoms with Gasteiger partial charge in [0.15, 0.2) is 0 Å². The molecule has 4 N–H and O–H groups in total. The Bertz CT molecular complexity index is 1420. The summed E-state index contributed by atoms with van der Waals surface area (Å²) < 4.78 is 75.9. The summed E-state index contributed by atoms with van der Waals surface area (Å²) in [6, 6.07) is 0. The van der Waals surface area contributed by atoms with Gasteiger partial charge >= 0.3 is 26.8 Å². The molecule has 5 aliphatic carbocycles. The van der Waals surface area contributed by atoms with Crippen LogP contribution in [0.2, 0.25) is 0 Å². The SMILES string of the molecule is CC1CCC2(C(=O)O)CCC3(C)C(=CCC4C5(C)CCC(OS(=O)(=O)O)C(C)(COS(=O)(=O)O)C5CCC43C)C2C1(C)O. The highest BCUT2D eigenvalue weighted by Crippen LogP contribution is 2.76. The van der Waals surface area contributed by atoms with Crippen LogP contribution in [0.4, 0.5) is 0 Å². The van der Waals surface area contributed by atoms with Gasteiger partial charge in [-0.3, -0.25) is 13.9 Å². The third-order valence-electron chi connectivity index (χ3n) is 14.0. The molecule has 11 atom stereocenters. The maximum absolute atomic E-state index is 12.9. The third-order valence-corrected chi connectivity index (χ3v) is 14.9. The van der Waals surface area contributed by atoms with E-state index in [1.165, 1.54) is 0 Å². The summed E-state index contributed by atoms with van der Waals surface area (Å²) in [4.78, 5) is 12.9. The van der Waals surface area contributed by atoms with Crippen LogP contribution in [0.5, 0.6) is 0 Å². The molecule has 4 saturated carbocycles. The Morgan fingerprint density at radius 3 is 2.14 bits per heavy atom. The highest BCUT2D eigenvalue weighted by Gasteiger charge is 2.72. The standard InChI is InChI=1S/C30H48O11S2/c1-18-9-14-30(24(31)32)16-15-27(4)19(23(30)29(18,6)33)7-8-21-25(2)12-11-22(41-43(37,38)39)26(3,17-40-42(34,35)36)20(25)10-13-28(21,27)5/h7,18,20-23,33H,8-17H2,1-6H3,(H,31,32)(H,34,35,36)(H,37,38,39). The maximum atomic E-state index is 12.9. The van der Waals surface area contributed by atoms with Crippen molar-refractivity contribution in [2.75, 3.05) is 6.61 Å². The van der Waals surface area contributed by atoms with Crippen molar-refractivity contribution in [1.29, 1.82) is 0 Å². The lowest BCUT2D eigenvalue weighted by molar-refractivity contribution is -0.221. The Labute approximate surface area is 255 Å². The number of carboxylic acids is 1. The van der Waals surface area contributed by atoms with Crippen LogP contribution in [0.15, 0.2) is 11.6 Å². The van der Waals surface area contributed by atoms with Crippen molar-refractivity contribution in [1.82, 2.24) is 0 Å². The summed E-state index contributed by atoms with van der Waals surface area (Å²) in [5.41, 5.74) is -3.49. The number of fused-ring (bicyclic) bond motifs is 7. The van der Waals surface area contributed by atoms with E-state index in [2.05, 4.69) is 26.8 Å².